The van der Waals surface area contributed by atoms with Crippen LogP contribution in [0.1, 0.15) is 26.3 Å². The van der Waals surface area contributed by atoms with Crippen molar-refractivity contribution in [2.75, 3.05) is 10.6 Å². The molecule has 0 spiro atoms. The maximum atomic E-state index is 13.0. The molecular formula is C30H22N2O4. The van der Waals surface area contributed by atoms with E-state index in [-0.39, 0.29) is 11.8 Å². The van der Waals surface area contributed by atoms with Gasteiger partial charge in [0.15, 0.2) is 0 Å². The average Bonchev–Trinajstić information content (AvgIpc) is 2.90. The predicted molar refractivity (Wildman–Crippen MR) is 141 cm³/mol. The number of nitrogens with one attached hydrogen (secondary N) is 2. The second-order valence-corrected chi connectivity index (χ2v) is 8.37. The van der Waals surface area contributed by atoms with Gasteiger partial charge < -0.3 is 15.1 Å². The van der Waals surface area contributed by atoms with Gasteiger partial charge in [0.25, 0.3) is 11.8 Å². The van der Waals surface area contributed by atoms with Crippen LogP contribution in [0, 0.1) is 6.92 Å². The van der Waals surface area contributed by atoms with Crippen LogP contribution in [-0.4, -0.2) is 11.8 Å². The van der Waals surface area contributed by atoms with Crippen LogP contribution < -0.4 is 16.3 Å². The highest BCUT2D eigenvalue weighted by atomic mass is 16.4. The van der Waals surface area contributed by atoms with Crippen molar-refractivity contribution in [1.82, 2.24) is 0 Å². The van der Waals surface area contributed by atoms with E-state index in [0.29, 0.717) is 39.2 Å². The quantitative estimate of drug-likeness (QED) is 0.294. The summed E-state index contributed by atoms with van der Waals surface area (Å²) in [5.41, 5.74) is 4.05. The topological polar surface area (TPSA) is 88.4 Å². The van der Waals surface area contributed by atoms with Crippen molar-refractivity contribution in [3.63, 3.8) is 0 Å². The van der Waals surface area contributed by atoms with E-state index >= 15 is 0 Å². The molecule has 0 atom stereocenters. The molecule has 2 amide bonds. The van der Waals surface area contributed by atoms with Gasteiger partial charge in [0.05, 0.1) is 5.56 Å². The molecule has 0 aliphatic rings. The van der Waals surface area contributed by atoms with Gasteiger partial charge >= 0.3 is 5.63 Å². The predicted octanol–water partition coefficient (Wildman–Crippen LogP) is 6.27. The van der Waals surface area contributed by atoms with Crippen LogP contribution in [0.4, 0.5) is 11.4 Å². The van der Waals surface area contributed by atoms with Crippen LogP contribution in [-0.2, 0) is 0 Å². The van der Waals surface area contributed by atoms with Crippen LogP contribution in [0.5, 0.6) is 0 Å². The van der Waals surface area contributed by atoms with Gasteiger partial charge in [-0.25, -0.2) is 4.79 Å². The summed E-state index contributed by atoms with van der Waals surface area (Å²) in [6.07, 6.45) is 0. The fourth-order valence-corrected chi connectivity index (χ4v) is 3.96. The molecule has 5 aromatic rings. The molecule has 0 unspecified atom stereocenters. The lowest BCUT2D eigenvalue weighted by Crippen LogP contribution is -2.14. The van der Waals surface area contributed by atoms with Crippen molar-refractivity contribution in [2.45, 2.75) is 6.92 Å². The highest BCUT2D eigenvalue weighted by Crippen LogP contribution is 2.24. The van der Waals surface area contributed by atoms with Crippen molar-refractivity contribution in [3.8, 4) is 11.1 Å². The molecule has 0 saturated carbocycles. The molecule has 0 aliphatic heterocycles. The third kappa shape index (κ3) is 4.79. The summed E-state index contributed by atoms with van der Waals surface area (Å²) in [6, 6.07) is 30.1. The van der Waals surface area contributed by atoms with Gasteiger partial charge in [-0.3, -0.25) is 9.59 Å². The molecule has 0 saturated heterocycles. The molecule has 0 aliphatic carbocycles. The Morgan fingerprint density at radius 1 is 0.694 bits per heavy atom. The van der Waals surface area contributed by atoms with E-state index in [9.17, 15) is 14.4 Å². The molecule has 36 heavy (non-hydrogen) atoms. The molecule has 1 aromatic heterocycles. The summed E-state index contributed by atoms with van der Waals surface area (Å²) in [7, 11) is 0. The number of amides is 2. The van der Waals surface area contributed by atoms with Gasteiger partial charge in [-0.1, -0.05) is 48.5 Å². The van der Waals surface area contributed by atoms with Crippen LogP contribution in [0.3, 0.4) is 0 Å². The number of para-hydroxylation sites is 1. The van der Waals surface area contributed by atoms with Gasteiger partial charge in [-0.15, -0.1) is 0 Å². The number of hydrogen-bond acceptors (Lipinski definition) is 4. The second kappa shape index (κ2) is 9.72. The normalized spacial score (nSPS) is 10.7. The number of benzene rings is 4. The third-order valence-corrected chi connectivity index (χ3v) is 5.85. The largest absolute Gasteiger partial charge is 0.422 e. The Hall–Kier alpha value is -4.97. The van der Waals surface area contributed by atoms with E-state index in [2.05, 4.69) is 10.6 Å². The maximum Gasteiger partial charge on any atom is 0.344 e. The molecule has 176 valence electrons. The minimum atomic E-state index is -0.463. The van der Waals surface area contributed by atoms with Gasteiger partial charge in [0, 0.05) is 27.9 Å². The Bertz CT molecular complexity index is 1660. The summed E-state index contributed by atoms with van der Waals surface area (Å²) < 4.78 is 5.44. The first kappa shape index (κ1) is 22.8. The zero-order valence-electron chi connectivity index (χ0n) is 19.4. The molecule has 2 N–H and O–H groups in total. The Kier molecular flexibility index (Phi) is 6.16. The minimum absolute atomic E-state index is 0.203. The number of hydrogen-bond donors (Lipinski definition) is 2. The fraction of sp³-hybridized carbons (Fsp3) is 0.0333. The summed E-state index contributed by atoms with van der Waals surface area (Å²) in [5.74, 6) is -0.520. The monoisotopic (exact) mass is 474 g/mol. The first-order valence-electron chi connectivity index (χ1n) is 11.4. The minimum Gasteiger partial charge on any atom is -0.422 e. The zero-order chi connectivity index (χ0) is 25.1. The van der Waals surface area contributed by atoms with Gasteiger partial charge in [-0.05, 0) is 72.6 Å². The van der Waals surface area contributed by atoms with E-state index in [1.54, 1.807) is 72.8 Å². The molecule has 4 aromatic carbocycles. The highest BCUT2D eigenvalue weighted by molar-refractivity contribution is 6.06. The summed E-state index contributed by atoms with van der Waals surface area (Å²) in [6.45, 7) is 1.86. The van der Waals surface area contributed by atoms with E-state index in [4.69, 9.17) is 4.42 Å². The first-order chi connectivity index (χ1) is 17.5. The van der Waals surface area contributed by atoms with E-state index in [0.717, 1.165) is 10.9 Å². The maximum absolute atomic E-state index is 13.0. The van der Waals surface area contributed by atoms with Gasteiger partial charge in [0.1, 0.15) is 5.58 Å². The summed E-state index contributed by atoms with van der Waals surface area (Å²) in [5, 5.41) is 6.58. The van der Waals surface area contributed by atoms with Crippen molar-refractivity contribution in [1.29, 1.82) is 0 Å². The zero-order valence-corrected chi connectivity index (χ0v) is 19.4. The molecule has 0 fully saturated rings. The van der Waals surface area contributed by atoms with Gasteiger partial charge in [-0.2, -0.15) is 0 Å². The summed E-state index contributed by atoms with van der Waals surface area (Å²) >= 11 is 0. The fourth-order valence-electron chi connectivity index (χ4n) is 3.96. The van der Waals surface area contributed by atoms with Crippen molar-refractivity contribution < 1.29 is 14.0 Å². The van der Waals surface area contributed by atoms with Crippen molar-refractivity contribution in [2.24, 2.45) is 0 Å². The average molecular weight is 475 g/mol. The second-order valence-electron chi connectivity index (χ2n) is 8.37. The van der Waals surface area contributed by atoms with Gasteiger partial charge in [0.2, 0.25) is 0 Å². The van der Waals surface area contributed by atoms with Crippen LogP contribution in [0.2, 0.25) is 0 Å². The first-order valence-corrected chi connectivity index (χ1v) is 11.4. The molecular weight excluding hydrogens is 452 g/mol. The van der Waals surface area contributed by atoms with Crippen LogP contribution in [0.15, 0.2) is 112 Å². The summed E-state index contributed by atoms with van der Waals surface area (Å²) in [4.78, 5) is 38.0. The van der Waals surface area contributed by atoms with Crippen molar-refractivity contribution >= 4 is 34.2 Å². The number of fused-ring (bicyclic) bond motifs is 1. The molecule has 6 heteroatoms. The number of rotatable bonds is 5. The number of anilines is 2. The number of aryl methyl sites for hydroxylation is 1. The SMILES string of the molecule is Cc1cc(NC(=O)c2cccc(-c3cc4ccccc4oc3=O)c2)ccc1NC(=O)c1ccccc1. The number of carbonyl (C=O) groups is 2. The Balaban J connectivity index is 1.34. The van der Waals surface area contributed by atoms with E-state index in [1.165, 1.54) is 0 Å². The Morgan fingerprint density at radius 2 is 1.42 bits per heavy atom. The van der Waals surface area contributed by atoms with Crippen LogP contribution in [0.25, 0.3) is 22.1 Å². The Morgan fingerprint density at radius 3 is 2.22 bits per heavy atom. The molecule has 1 heterocycles. The molecule has 0 bridgehead atoms. The molecule has 0 radical (unpaired) electrons. The van der Waals surface area contributed by atoms with Crippen LogP contribution >= 0.6 is 0 Å². The molecule has 6 nitrogen and oxygen atoms in total. The van der Waals surface area contributed by atoms with E-state index < -0.39 is 5.63 Å². The van der Waals surface area contributed by atoms with E-state index in [1.807, 2.05) is 37.3 Å². The van der Waals surface area contributed by atoms with Crippen molar-refractivity contribution in [3.05, 3.63) is 130 Å². The highest BCUT2D eigenvalue weighted by Gasteiger charge is 2.13. The third-order valence-electron chi connectivity index (χ3n) is 5.85. The molecule has 5 rings (SSSR count). The lowest BCUT2D eigenvalue weighted by atomic mass is 10.0. The lowest BCUT2D eigenvalue weighted by Gasteiger charge is -2.12. The number of carbonyl (C=O) groups excluding carboxylic acids is 2. The standard InChI is InChI=1S/C30H22N2O4/c1-19-16-24(14-15-26(19)32-28(33)20-8-3-2-4-9-20)31-29(34)23-12-7-11-21(17-23)25-18-22-10-5-6-13-27(22)36-30(25)35/h2-18H,1H3,(H,31,34)(H,32,33). The smallest absolute Gasteiger partial charge is 0.344 e. The Labute approximate surface area is 207 Å². The lowest BCUT2D eigenvalue weighted by molar-refractivity contribution is 0.101.